The topological polar surface area (TPSA) is 81.5 Å². The first kappa shape index (κ1) is 8.93. The summed E-state index contributed by atoms with van der Waals surface area (Å²) in [4.78, 5) is 0. The maximum atomic E-state index is 9.19. The van der Waals surface area contributed by atoms with Gasteiger partial charge in [0, 0.05) is 6.04 Å². The van der Waals surface area contributed by atoms with Crippen molar-refractivity contribution in [3.8, 4) is 0 Å². The minimum Gasteiger partial charge on any atom is -0.367 e. The van der Waals surface area contributed by atoms with E-state index in [4.69, 9.17) is 16.2 Å². The molecule has 0 saturated carbocycles. The van der Waals surface area contributed by atoms with Crippen molar-refractivity contribution in [2.24, 2.45) is 11.5 Å². The number of nitrogens with two attached hydrogens (primary N) is 2. The van der Waals surface area contributed by atoms with Gasteiger partial charge in [-0.2, -0.15) is 0 Å². The number of hydrogen-bond donors (Lipinski definition) is 3. The Balaban J connectivity index is 2.40. The highest BCUT2D eigenvalue weighted by Crippen LogP contribution is 2.18. The largest absolute Gasteiger partial charge is 0.367 e. The first-order valence-corrected chi connectivity index (χ1v) is 3.96. The lowest BCUT2D eigenvalue weighted by Gasteiger charge is -2.33. The Hall–Kier alpha value is -0.160. The minimum absolute atomic E-state index is 0.0304. The Labute approximate surface area is 66.5 Å². The van der Waals surface area contributed by atoms with Crippen LogP contribution in [0.5, 0.6) is 0 Å². The summed E-state index contributed by atoms with van der Waals surface area (Å²) in [6.07, 6.45) is 0.757. The van der Waals surface area contributed by atoms with Crippen LogP contribution in [0, 0.1) is 0 Å². The Morgan fingerprint density at radius 1 is 1.55 bits per heavy atom. The highest BCUT2D eigenvalue weighted by Gasteiger charge is 2.28. The Morgan fingerprint density at radius 3 is 2.64 bits per heavy atom. The molecule has 0 spiro atoms. The molecule has 1 aliphatic heterocycles. The zero-order valence-corrected chi connectivity index (χ0v) is 6.73. The van der Waals surface area contributed by atoms with Gasteiger partial charge < -0.3 is 21.3 Å². The molecule has 1 heterocycles. The first-order chi connectivity index (χ1) is 5.11. The lowest BCUT2D eigenvalue weighted by atomic mass is 10.0. The SMILES string of the molecule is C[C@H](N)[C@@H]1CC[C@@H](N)[C@@H](O)O1. The van der Waals surface area contributed by atoms with Gasteiger partial charge in [0.25, 0.3) is 0 Å². The third-order valence-electron chi connectivity index (χ3n) is 2.05. The van der Waals surface area contributed by atoms with Crippen LogP contribution in [0.4, 0.5) is 0 Å². The molecular weight excluding hydrogens is 144 g/mol. The molecule has 1 aliphatic rings. The molecule has 4 nitrogen and oxygen atoms in total. The van der Waals surface area contributed by atoms with Crippen LogP contribution in [0.1, 0.15) is 19.8 Å². The van der Waals surface area contributed by atoms with Crippen LogP contribution < -0.4 is 11.5 Å². The molecule has 0 aromatic heterocycles. The molecule has 0 aromatic carbocycles. The molecule has 66 valence electrons. The quantitative estimate of drug-likeness (QED) is 0.467. The van der Waals surface area contributed by atoms with E-state index in [1.54, 1.807) is 0 Å². The molecule has 4 atom stereocenters. The van der Waals surface area contributed by atoms with Gasteiger partial charge in [0.1, 0.15) is 0 Å². The maximum Gasteiger partial charge on any atom is 0.170 e. The van der Waals surface area contributed by atoms with Gasteiger partial charge in [-0.15, -0.1) is 0 Å². The van der Waals surface area contributed by atoms with Crippen LogP contribution >= 0.6 is 0 Å². The molecule has 0 aliphatic carbocycles. The van der Waals surface area contributed by atoms with Crippen molar-refractivity contribution in [2.45, 2.75) is 44.2 Å². The normalized spacial score (nSPS) is 42.0. The molecule has 0 amide bonds. The molecule has 0 unspecified atom stereocenters. The summed E-state index contributed by atoms with van der Waals surface area (Å²) in [5.74, 6) is 0. The lowest BCUT2D eigenvalue weighted by Crippen LogP contribution is -2.48. The number of rotatable bonds is 1. The Morgan fingerprint density at radius 2 is 2.18 bits per heavy atom. The van der Waals surface area contributed by atoms with Crippen molar-refractivity contribution in [3.05, 3.63) is 0 Å². The Kier molecular flexibility index (Phi) is 2.84. The fourth-order valence-corrected chi connectivity index (χ4v) is 1.23. The van der Waals surface area contributed by atoms with E-state index in [1.165, 1.54) is 0 Å². The molecule has 0 bridgehead atoms. The van der Waals surface area contributed by atoms with E-state index in [0.29, 0.717) is 0 Å². The van der Waals surface area contributed by atoms with Crippen LogP contribution in [-0.2, 0) is 4.74 Å². The Bertz CT molecular complexity index is 130. The summed E-state index contributed by atoms with van der Waals surface area (Å²) in [6.45, 7) is 1.87. The summed E-state index contributed by atoms with van der Waals surface area (Å²) >= 11 is 0. The molecule has 0 aromatic rings. The van der Waals surface area contributed by atoms with Gasteiger partial charge in [0.15, 0.2) is 6.29 Å². The molecular formula is C7H16N2O2. The number of aliphatic hydroxyl groups excluding tert-OH is 1. The zero-order valence-electron chi connectivity index (χ0n) is 6.73. The molecule has 1 fully saturated rings. The number of hydrogen-bond acceptors (Lipinski definition) is 4. The summed E-state index contributed by atoms with van der Waals surface area (Å²) in [7, 11) is 0. The monoisotopic (exact) mass is 160 g/mol. The van der Waals surface area contributed by atoms with E-state index in [0.717, 1.165) is 12.8 Å². The van der Waals surface area contributed by atoms with Gasteiger partial charge in [0.05, 0.1) is 12.1 Å². The zero-order chi connectivity index (χ0) is 8.43. The van der Waals surface area contributed by atoms with E-state index in [9.17, 15) is 5.11 Å². The number of aliphatic hydroxyl groups is 1. The minimum atomic E-state index is -0.834. The summed E-state index contributed by atoms with van der Waals surface area (Å²) in [6, 6.07) is -0.276. The van der Waals surface area contributed by atoms with E-state index in [2.05, 4.69) is 0 Å². The summed E-state index contributed by atoms with van der Waals surface area (Å²) < 4.78 is 5.17. The second-order valence-electron chi connectivity index (χ2n) is 3.17. The van der Waals surface area contributed by atoms with Crippen molar-refractivity contribution in [1.29, 1.82) is 0 Å². The van der Waals surface area contributed by atoms with Gasteiger partial charge in [0.2, 0.25) is 0 Å². The fourth-order valence-electron chi connectivity index (χ4n) is 1.23. The third-order valence-corrected chi connectivity index (χ3v) is 2.05. The summed E-state index contributed by atoms with van der Waals surface area (Å²) in [5, 5.41) is 9.19. The van der Waals surface area contributed by atoms with Crippen LogP contribution in [0.3, 0.4) is 0 Å². The van der Waals surface area contributed by atoms with Crippen molar-refractivity contribution < 1.29 is 9.84 Å². The standard InChI is InChI=1S/C7H16N2O2/c1-4(8)6-3-2-5(9)7(10)11-6/h4-7,10H,2-3,8-9H2,1H3/t4-,5+,6-,7-/m0/s1. The van der Waals surface area contributed by atoms with Gasteiger partial charge >= 0.3 is 0 Å². The van der Waals surface area contributed by atoms with Crippen molar-refractivity contribution in [1.82, 2.24) is 0 Å². The molecule has 5 N–H and O–H groups in total. The predicted molar refractivity (Wildman–Crippen MR) is 41.7 cm³/mol. The van der Waals surface area contributed by atoms with Crippen molar-refractivity contribution >= 4 is 0 Å². The molecule has 11 heavy (non-hydrogen) atoms. The average Bonchev–Trinajstić information content (AvgIpc) is 1.94. The van der Waals surface area contributed by atoms with E-state index in [1.807, 2.05) is 6.92 Å². The highest BCUT2D eigenvalue weighted by atomic mass is 16.6. The third kappa shape index (κ3) is 2.13. The van der Waals surface area contributed by atoms with Crippen LogP contribution in [0.25, 0.3) is 0 Å². The van der Waals surface area contributed by atoms with Crippen molar-refractivity contribution in [3.63, 3.8) is 0 Å². The second-order valence-corrected chi connectivity index (χ2v) is 3.17. The van der Waals surface area contributed by atoms with Gasteiger partial charge in [-0.05, 0) is 19.8 Å². The maximum absolute atomic E-state index is 9.19. The van der Waals surface area contributed by atoms with E-state index >= 15 is 0 Å². The summed E-state index contributed by atoms with van der Waals surface area (Å²) in [5.41, 5.74) is 11.1. The van der Waals surface area contributed by atoms with Crippen LogP contribution in [0.15, 0.2) is 0 Å². The molecule has 1 rings (SSSR count). The predicted octanol–water partition coefficient (Wildman–Crippen LogP) is -0.842. The van der Waals surface area contributed by atoms with E-state index < -0.39 is 6.29 Å². The average molecular weight is 160 g/mol. The molecule has 0 radical (unpaired) electrons. The van der Waals surface area contributed by atoms with E-state index in [-0.39, 0.29) is 18.2 Å². The van der Waals surface area contributed by atoms with Crippen LogP contribution in [-0.4, -0.2) is 29.6 Å². The fraction of sp³-hybridized carbons (Fsp3) is 1.00. The smallest absolute Gasteiger partial charge is 0.170 e. The first-order valence-electron chi connectivity index (χ1n) is 3.96. The lowest BCUT2D eigenvalue weighted by molar-refractivity contribution is -0.176. The van der Waals surface area contributed by atoms with Gasteiger partial charge in [-0.3, -0.25) is 0 Å². The second kappa shape index (κ2) is 3.49. The molecule has 1 saturated heterocycles. The molecule has 4 heteroatoms. The highest BCUT2D eigenvalue weighted by molar-refractivity contribution is 4.79. The van der Waals surface area contributed by atoms with Crippen LogP contribution in [0.2, 0.25) is 0 Å². The van der Waals surface area contributed by atoms with Gasteiger partial charge in [-0.1, -0.05) is 0 Å². The van der Waals surface area contributed by atoms with Gasteiger partial charge in [-0.25, -0.2) is 0 Å². The number of ether oxygens (including phenoxy) is 1. The van der Waals surface area contributed by atoms with Crippen molar-refractivity contribution in [2.75, 3.05) is 0 Å².